The van der Waals surface area contributed by atoms with Gasteiger partial charge >= 0.3 is 0 Å². The fraction of sp³-hybridized carbons (Fsp3) is 0.333. The van der Waals surface area contributed by atoms with Gasteiger partial charge in [-0.15, -0.1) is 0 Å². The number of benzene rings is 2. The number of para-hydroxylation sites is 1. The standard InChI is InChI=1S/C18H22N2S/c1-15-8-9-18(16(2)14-15)21-20-12-10-19(11-13-20)17-6-4-3-5-7-17/h3-9,14H,10-13H2,1-2H3. The number of piperazine rings is 1. The maximum absolute atomic E-state index is 2.48. The zero-order chi connectivity index (χ0) is 14.7. The van der Waals surface area contributed by atoms with Crippen LogP contribution < -0.4 is 4.90 Å². The zero-order valence-electron chi connectivity index (χ0n) is 12.7. The van der Waals surface area contributed by atoms with Gasteiger partial charge in [0.2, 0.25) is 0 Å². The van der Waals surface area contributed by atoms with Crippen LogP contribution in [0.1, 0.15) is 11.1 Å². The monoisotopic (exact) mass is 298 g/mol. The molecule has 3 rings (SSSR count). The molecule has 0 N–H and O–H groups in total. The van der Waals surface area contributed by atoms with E-state index in [0.717, 1.165) is 26.2 Å². The topological polar surface area (TPSA) is 6.48 Å². The molecule has 0 amide bonds. The third kappa shape index (κ3) is 3.60. The van der Waals surface area contributed by atoms with Crippen molar-refractivity contribution >= 4 is 17.6 Å². The number of rotatable bonds is 3. The Labute approximate surface area is 131 Å². The maximum Gasteiger partial charge on any atom is 0.0367 e. The average Bonchev–Trinajstić information content (AvgIpc) is 2.52. The van der Waals surface area contributed by atoms with Crippen LogP contribution in [0.5, 0.6) is 0 Å². The van der Waals surface area contributed by atoms with Crippen molar-refractivity contribution in [3.63, 3.8) is 0 Å². The number of hydrogen-bond donors (Lipinski definition) is 0. The SMILES string of the molecule is Cc1ccc(SN2CCN(c3ccccc3)CC2)c(C)c1. The highest BCUT2D eigenvalue weighted by atomic mass is 32.2. The van der Waals surface area contributed by atoms with Gasteiger partial charge < -0.3 is 4.90 Å². The number of anilines is 1. The molecule has 1 aliphatic heterocycles. The molecule has 0 saturated carbocycles. The molecule has 0 aliphatic carbocycles. The van der Waals surface area contributed by atoms with Crippen molar-refractivity contribution < 1.29 is 0 Å². The summed E-state index contributed by atoms with van der Waals surface area (Å²) in [6.07, 6.45) is 0. The Bertz CT molecular complexity index is 589. The van der Waals surface area contributed by atoms with E-state index in [1.165, 1.54) is 21.7 Å². The molecule has 0 atom stereocenters. The first kappa shape index (κ1) is 14.5. The lowest BCUT2D eigenvalue weighted by molar-refractivity contribution is 0.429. The molecule has 2 aromatic rings. The first-order valence-corrected chi connectivity index (χ1v) is 8.30. The summed E-state index contributed by atoms with van der Waals surface area (Å²) >= 11 is 1.90. The van der Waals surface area contributed by atoms with Gasteiger partial charge in [0.25, 0.3) is 0 Å². The van der Waals surface area contributed by atoms with Crippen LogP contribution >= 0.6 is 11.9 Å². The summed E-state index contributed by atoms with van der Waals surface area (Å²) in [5, 5.41) is 0. The normalized spacial score (nSPS) is 16.2. The Morgan fingerprint density at radius 3 is 2.24 bits per heavy atom. The van der Waals surface area contributed by atoms with Gasteiger partial charge in [0.15, 0.2) is 0 Å². The van der Waals surface area contributed by atoms with Crippen molar-refractivity contribution in [2.24, 2.45) is 0 Å². The minimum atomic E-state index is 1.10. The average molecular weight is 298 g/mol. The summed E-state index contributed by atoms with van der Waals surface area (Å²) in [4.78, 5) is 3.85. The van der Waals surface area contributed by atoms with Gasteiger partial charge in [-0.2, -0.15) is 0 Å². The molecule has 21 heavy (non-hydrogen) atoms. The molecule has 0 unspecified atom stereocenters. The number of aryl methyl sites for hydroxylation is 2. The van der Waals surface area contributed by atoms with Crippen molar-refractivity contribution in [1.82, 2.24) is 4.31 Å². The third-order valence-corrected chi connectivity index (χ3v) is 5.20. The maximum atomic E-state index is 2.48. The van der Waals surface area contributed by atoms with Crippen molar-refractivity contribution in [1.29, 1.82) is 0 Å². The van der Waals surface area contributed by atoms with Crippen LogP contribution in [0.3, 0.4) is 0 Å². The Morgan fingerprint density at radius 2 is 1.57 bits per heavy atom. The van der Waals surface area contributed by atoms with Gasteiger partial charge in [0, 0.05) is 36.8 Å². The minimum Gasteiger partial charge on any atom is -0.369 e. The summed E-state index contributed by atoms with van der Waals surface area (Å²) in [6, 6.07) is 17.4. The second-order valence-electron chi connectivity index (χ2n) is 5.61. The third-order valence-electron chi connectivity index (χ3n) is 3.92. The van der Waals surface area contributed by atoms with Crippen molar-refractivity contribution in [3.8, 4) is 0 Å². The molecule has 3 heteroatoms. The predicted molar refractivity (Wildman–Crippen MR) is 92.0 cm³/mol. The summed E-state index contributed by atoms with van der Waals surface area (Å²) in [7, 11) is 0. The molecule has 2 nitrogen and oxygen atoms in total. The first-order valence-electron chi connectivity index (χ1n) is 7.52. The molecular weight excluding hydrogens is 276 g/mol. The summed E-state index contributed by atoms with van der Waals surface area (Å²) in [6.45, 7) is 8.76. The second kappa shape index (κ2) is 6.54. The molecule has 110 valence electrons. The van der Waals surface area contributed by atoms with Crippen molar-refractivity contribution in [2.45, 2.75) is 18.7 Å². The molecular formula is C18H22N2S. The Morgan fingerprint density at radius 1 is 0.857 bits per heavy atom. The van der Waals surface area contributed by atoms with Gasteiger partial charge in [-0.1, -0.05) is 35.9 Å². The first-order chi connectivity index (χ1) is 10.2. The largest absolute Gasteiger partial charge is 0.369 e. The molecule has 1 heterocycles. The van der Waals surface area contributed by atoms with Crippen LogP contribution in [0.25, 0.3) is 0 Å². The van der Waals surface area contributed by atoms with Crippen molar-refractivity contribution in [3.05, 3.63) is 59.7 Å². The van der Waals surface area contributed by atoms with Crippen LogP contribution in [0, 0.1) is 13.8 Å². The van der Waals surface area contributed by atoms with Gasteiger partial charge in [-0.3, -0.25) is 0 Å². The molecule has 0 radical (unpaired) electrons. The molecule has 2 aromatic carbocycles. The second-order valence-corrected chi connectivity index (χ2v) is 6.75. The van der Waals surface area contributed by atoms with Crippen LogP contribution in [0.2, 0.25) is 0 Å². The Hall–Kier alpha value is -1.45. The lowest BCUT2D eigenvalue weighted by Gasteiger charge is -2.35. The highest BCUT2D eigenvalue weighted by Gasteiger charge is 2.18. The van der Waals surface area contributed by atoms with E-state index < -0.39 is 0 Å². The number of hydrogen-bond acceptors (Lipinski definition) is 3. The molecule has 0 bridgehead atoms. The molecule has 0 aromatic heterocycles. The van der Waals surface area contributed by atoms with E-state index in [4.69, 9.17) is 0 Å². The van der Waals surface area contributed by atoms with E-state index in [1.54, 1.807) is 0 Å². The lowest BCUT2D eigenvalue weighted by Crippen LogP contribution is -2.43. The van der Waals surface area contributed by atoms with Gasteiger partial charge in [0.1, 0.15) is 0 Å². The van der Waals surface area contributed by atoms with Gasteiger partial charge in [0.05, 0.1) is 0 Å². The fourth-order valence-corrected chi connectivity index (χ4v) is 3.67. The molecule has 0 spiro atoms. The smallest absolute Gasteiger partial charge is 0.0367 e. The summed E-state index contributed by atoms with van der Waals surface area (Å²) in [5.41, 5.74) is 4.06. The minimum absolute atomic E-state index is 1.10. The van der Waals surface area contributed by atoms with E-state index in [0.29, 0.717) is 0 Å². The highest BCUT2D eigenvalue weighted by molar-refractivity contribution is 7.97. The molecule has 1 aliphatic rings. The van der Waals surface area contributed by atoms with Crippen LogP contribution in [-0.4, -0.2) is 30.5 Å². The van der Waals surface area contributed by atoms with Gasteiger partial charge in [-0.05, 0) is 49.6 Å². The Kier molecular flexibility index (Phi) is 4.51. The lowest BCUT2D eigenvalue weighted by atomic mass is 10.2. The van der Waals surface area contributed by atoms with E-state index in [1.807, 2.05) is 11.9 Å². The zero-order valence-corrected chi connectivity index (χ0v) is 13.6. The van der Waals surface area contributed by atoms with Crippen LogP contribution in [0.4, 0.5) is 5.69 Å². The van der Waals surface area contributed by atoms with E-state index in [-0.39, 0.29) is 0 Å². The van der Waals surface area contributed by atoms with E-state index >= 15 is 0 Å². The number of nitrogens with zero attached hydrogens (tertiary/aromatic N) is 2. The fourth-order valence-electron chi connectivity index (χ4n) is 2.72. The quantitative estimate of drug-likeness (QED) is 0.787. The van der Waals surface area contributed by atoms with E-state index in [9.17, 15) is 0 Å². The van der Waals surface area contributed by atoms with Crippen molar-refractivity contribution in [2.75, 3.05) is 31.1 Å². The molecule has 1 saturated heterocycles. The summed E-state index contributed by atoms with van der Waals surface area (Å²) in [5.74, 6) is 0. The summed E-state index contributed by atoms with van der Waals surface area (Å²) < 4.78 is 2.48. The Balaban J connectivity index is 1.59. The van der Waals surface area contributed by atoms with Gasteiger partial charge in [-0.25, -0.2) is 4.31 Å². The van der Waals surface area contributed by atoms with Crippen LogP contribution in [-0.2, 0) is 0 Å². The molecule has 1 fully saturated rings. The van der Waals surface area contributed by atoms with E-state index in [2.05, 4.69) is 71.6 Å². The predicted octanol–water partition coefficient (Wildman–Crippen LogP) is 4.13. The van der Waals surface area contributed by atoms with Crippen LogP contribution in [0.15, 0.2) is 53.4 Å². The highest BCUT2D eigenvalue weighted by Crippen LogP contribution is 2.28.